The molecule has 36 heavy (non-hydrogen) atoms. The van der Waals surface area contributed by atoms with Gasteiger partial charge in [0.05, 0.1) is 40.9 Å². The lowest BCUT2D eigenvalue weighted by Gasteiger charge is -2.17. The molecule has 1 aliphatic carbocycles. The first kappa shape index (κ1) is 24.9. The second kappa shape index (κ2) is 9.44. The lowest BCUT2D eigenvalue weighted by molar-refractivity contribution is -0.137. The maximum atomic E-state index is 13.3. The Morgan fingerprint density at radius 3 is 2.44 bits per heavy atom. The number of nitrogens with one attached hydrogen (secondary N) is 3. The van der Waals surface area contributed by atoms with Gasteiger partial charge in [-0.15, -0.1) is 0 Å². The van der Waals surface area contributed by atoms with E-state index in [1.165, 1.54) is 24.5 Å². The minimum absolute atomic E-state index is 0.0453. The van der Waals surface area contributed by atoms with Crippen LogP contribution in [0.3, 0.4) is 0 Å². The molecule has 1 aliphatic rings. The number of nitrogens with zero attached hydrogens (tertiary/aromatic N) is 2. The van der Waals surface area contributed by atoms with Crippen molar-refractivity contribution in [3.63, 3.8) is 0 Å². The van der Waals surface area contributed by atoms with Crippen LogP contribution in [0.15, 0.2) is 48.8 Å². The number of aryl methyl sites for hydroxylation is 1. The van der Waals surface area contributed by atoms with Crippen molar-refractivity contribution < 1.29 is 27.2 Å². The Morgan fingerprint density at radius 1 is 1.08 bits per heavy atom. The average Bonchev–Trinajstić information content (AvgIpc) is 3.61. The van der Waals surface area contributed by atoms with Crippen LogP contribution >= 0.6 is 0 Å². The quantitative estimate of drug-likeness (QED) is 0.364. The molecule has 1 saturated carbocycles. The van der Waals surface area contributed by atoms with E-state index in [4.69, 9.17) is 5.73 Å². The predicted molar refractivity (Wildman–Crippen MR) is 124 cm³/mol. The summed E-state index contributed by atoms with van der Waals surface area (Å²) in [7, 11) is 0. The highest BCUT2D eigenvalue weighted by molar-refractivity contribution is 6.00. The summed E-state index contributed by atoms with van der Waals surface area (Å²) in [5, 5.41) is 8.04. The van der Waals surface area contributed by atoms with Crippen molar-refractivity contribution in [2.45, 2.75) is 38.0 Å². The van der Waals surface area contributed by atoms with Gasteiger partial charge in [-0.25, -0.2) is 9.37 Å². The van der Waals surface area contributed by atoms with Crippen LogP contribution in [-0.2, 0) is 17.5 Å². The van der Waals surface area contributed by atoms with Crippen LogP contribution in [0.4, 0.5) is 34.8 Å². The largest absolute Gasteiger partial charge is 0.418 e. The van der Waals surface area contributed by atoms with Crippen LogP contribution in [0, 0.1) is 12.7 Å². The van der Waals surface area contributed by atoms with Gasteiger partial charge in [0, 0.05) is 6.20 Å². The number of amides is 2. The number of nitrogens with two attached hydrogens (primary N) is 1. The first-order chi connectivity index (χ1) is 17.0. The number of benzene rings is 1. The first-order valence-corrected chi connectivity index (χ1v) is 10.9. The molecule has 0 spiro atoms. The lowest BCUT2D eigenvalue weighted by Crippen LogP contribution is -2.48. The molecule has 0 unspecified atom stereocenters. The summed E-state index contributed by atoms with van der Waals surface area (Å²) in [6.07, 6.45) is -1.15. The van der Waals surface area contributed by atoms with Gasteiger partial charge in [-0.1, -0.05) is 0 Å². The molecule has 0 aliphatic heterocycles. The van der Waals surface area contributed by atoms with E-state index in [1.54, 1.807) is 13.0 Å². The van der Waals surface area contributed by atoms with Crippen molar-refractivity contribution in [2.75, 3.05) is 11.1 Å². The number of halogens is 4. The summed E-state index contributed by atoms with van der Waals surface area (Å²) >= 11 is 0. The van der Waals surface area contributed by atoms with Crippen LogP contribution < -0.4 is 21.7 Å². The summed E-state index contributed by atoms with van der Waals surface area (Å²) < 4.78 is 52.8. The third-order valence-corrected chi connectivity index (χ3v) is 5.74. The van der Waals surface area contributed by atoms with Gasteiger partial charge in [0.25, 0.3) is 5.91 Å². The zero-order valence-corrected chi connectivity index (χ0v) is 19.0. The molecule has 0 bridgehead atoms. The van der Waals surface area contributed by atoms with Crippen molar-refractivity contribution >= 4 is 29.0 Å². The standard InChI is InChI=1S/C24H22F4N6O2/c1-13-8-14(10-31-20(13)29)21(35)34-23(6-7-23)22(36)32-11-16-3-4-17(12-30-16)33-19-5-2-15(25)9-18(19)24(26,27)28/h2-5,8-10,12,33H,6-7,11H2,1H3,(H2,29,31)(H,32,36)(H,34,35). The summed E-state index contributed by atoms with van der Waals surface area (Å²) in [5.41, 5.74) is 4.84. The van der Waals surface area contributed by atoms with Crippen LogP contribution in [0.5, 0.6) is 0 Å². The van der Waals surface area contributed by atoms with E-state index < -0.39 is 29.0 Å². The van der Waals surface area contributed by atoms with Gasteiger partial charge in [0.2, 0.25) is 5.91 Å². The van der Waals surface area contributed by atoms with E-state index in [-0.39, 0.29) is 23.8 Å². The summed E-state index contributed by atoms with van der Waals surface area (Å²) in [6, 6.07) is 6.94. The summed E-state index contributed by atoms with van der Waals surface area (Å²) in [6.45, 7) is 1.77. The molecule has 5 N–H and O–H groups in total. The van der Waals surface area contributed by atoms with Crippen LogP contribution in [0.25, 0.3) is 0 Å². The van der Waals surface area contributed by atoms with Crippen LogP contribution in [0.2, 0.25) is 0 Å². The van der Waals surface area contributed by atoms with E-state index in [0.29, 0.717) is 41.5 Å². The molecule has 1 aromatic carbocycles. The number of anilines is 3. The van der Waals surface area contributed by atoms with E-state index in [9.17, 15) is 27.2 Å². The molecule has 2 amide bonds. The zero-order valence-electron chi connectivity index (χ0n) is 19.0. The molecule has 0 atom stereocenters. The third-order valence-electron chi connectivity index (χ3n) is 5.74. The highest BCUT2D eigenvalue weighted by Crippen LogP contribution is 2.37. The van der Waals surface area contributed by atoms with Gasteiger partial charge in [0.1, 0.15) is 17.2 Å². The molecule has 1 fully saturated rings. The first-order valence-electron chi connectivity index (χ1n) is 10.9. The van der Waals surface area contributed by atoms with Gasteiger partial charge >= 0.3 is 6.18 Å². The Balaban J connectivity index is 1.35. The normalized spacial score (nSPS) is 14.1. The van der Waals surface area contributed by atoms with Crippen molar-refractivity contribution in [3.8, 4) is 0 Å². The Hall–Kier alpha value is -4.22. The minimum Gasteiger partial charge on any atom is -0.383 e. The molecule has 2 heterocycles. The summed E-state index contributed by atoms with van der Waals surface area (Å²) in [5.74, 6) is -1.49. The lowest BCUT2D eigenvalue weighted by atomic mass is 10.1. The zero-order chi connectivity index (χ0) is 26.1. The highest BCUT2D eigenvalue weighted by Gasteiger charge is 2.51. The van der Waals surface area contributed by atoms with Gasteiger partial charge in [-0.2, -0.15) is 13.2 Å². The Morgan fingerprint density at radius 2 is 1.83 bits per heavy atom. The molecule has 12 heteroatoms. The van der Waals surface area contributed by atoms with Gasteiger partial charge in [-0.05, 0) is 61.7 Å². The number of carbonyl (C=O) groups is 2. The maximum Gasteiger partial charge on any atom is 0.418 e. The van der Waals surface area contributed by atoms with Crippen LogP contribution in [-0.4, -0.2) is 27.3 Å². The maximum absolute atomic E-state index is 13.3. The second-order valence-corrected chi connectivity index (χ2v) is 8.50. The average molecular weight is 502 g/mol. The third kappa shape index (κ3) is 5.53. The molecule has 2 aromatic heterocycles. The smallest absolute Gasteiger partial charge is 0.383 e. The minimum atomic E-state index is -4.74. The molecule has 4 rings (SSSR count). The van der Waals surface area contributed by atoms with Crippen molar-refractivity contribution in [3.05, 3.63) is 77.0 Å². The molecule has 8 nitrogen and oxygen atoms in total. The van der Waals surface area contributed by atoms with E-state index in [0.717, 1.165) is 12.1 Å². The molecule has 3 aromatic rings. The number of carbonyl (C=O) groups excluding carboxylic acids is 2. The summed E-state index contributed by atoms with van der Waals surface area (Å²) in [4.78, 5) is 33.4. The van der Waals surface area contributed by atoms with E-state index in [2.05, 4.69) is 25.9 Å². The number of aromatic nitrogens is 2. The molecular formula is C24H22F4N6O2. The predicted octanol–water partition coefficient (Wildman–Crippen LogP) is 3.85. The van der Waals surface area contributed by atoms with Gasteiger partial charge in [0.15, 0.2) is 0 Å². The number of rotatable bonds is 7. The molecular weight excluding hydrogens is 480 g/mol. The Labute approximate surface area is 203 Å². The molecule has 188 valence electrons. The number of nitrogen functional groups attached to an aromatic ring is 1. The van der Waals surface area contributed by atoms with Gasteiger partial charge < -0.3 is 21.7 Å². The van der Waals surface area contributed by atoms with E-state index >= 15 is 0 Å². The van der Waals surface area contributed by atoms with Crippen molar-refractivity contribution in [2.24, 2.45) is 0 Å². The Kier molecular flexibility index (Phi) is 6.53. The second-order valence-electron chi connectivity index (χ2n) is 8.50. The number of hydrogen-bond acceptors (Lipinski definition) is 6. The molecule has 0 radical (unpaired) electrons. The highest BCUT2D eigenvalue weighted by atomic mass is 19.4. The molecule has 0 saturated heterocycles. The number of hydrogen-bond donors (Lipinski definition) is 4. The Bertz CT molecular complexity index is 1310. The van der Waals surface area contributed by atoms with E-state index in [1.807, 2.05) is 0 Å². The number of alkyl halides is 3. The SMILES string of the molecule is Cc1cc(C(=O)NC2(C(=O)NCc3ccc(Nc4ccc(F)cc4C(F)(F)F)cn3)CC2)cnc1N. The van der Waals surface area contributed by atoms with Crippen LogP contribution in [0.1, 0.15) is 40.0 Å². The fourth-order valence-corrected chi connectivity index (χ4v) is 3.49. The fourth-order valence-electron chi connectivity index (χ4n) is 3.49. The van der Waals surface area contributed by atoms with Crippen molar-refractivity contribution in [1.29, 1.82) is 0 Å². The van der Waals surface area contributed by atoms with Gasteiger partial charge in [-0.3, -0.25) is 14.6 Å². The van der Waals surface area contributed by atoms with Crippen molar-refractivity contribution in [1.82, 2.24) is 20.6 Å². The fraction of sp³-hybridized carbons (Fsp3) is 0.250. The monoisotopic (exact) mass is 502 g/mol. The topological polar surface area (TPSA) is 122 Å². The number of pyridine rings is 2.